The van der Waals surface area contributed by atoms with Crippen LogP contribution in [-0.2, 0) is 14.3 Å². The van der Waals surface area contributed by atoms with Crippen LogP contribution < -0.4 is 5.73 Å². The van der Waals surface area contributed by atoms with Crippen molar-refractivity contribution in [2.75, 3.05) is 20.2 Å². The summed E-state index contributed by atoms with van der Waals surface area (Å²) in [5.41, 5.74) is 5.66. The zero-order valence-electron chi connectivity index (χ0n) is 12.1. The molecule has 106 valence electrons. The van der Waals surface area contributed by atoms with E-state index in [0.29, 0.717) is 12.5 Å². The first-order valence-corrected chi connectivity index (χ1v) is 6.40. The Hall–Kier alpha value is -1.10. The van der Waals surface area contributed by atoms with Crippen molar-refractivity contribution in [3.05, 3.63) is 0 Å². The molecule has 1 unspecified atom stereocenters. The zero-order chi connectivity index (χ0) is 14.3. The summed E-state index contributed by atoms with van der Waals surface area (Å²) in [6.45, 7) is 8.16. The lowest BCUT2D eigenvalue weighted by molar-refractivity contribution is -0.150. The molecule has 0 aliphatic heterocycles. The molecule has 0 spiro atoms. The average Bonchev–Trinajstić information content (AvgIpc) is 2.31. The van der Waals surface area contributed by atoms with Gasteiger partial charge >= 0.3 is 5.97 Å². The van der Waals surface area contributed by atoms with E-state index in [0.717, 1.165) is 6.42 Å². The first kappa shape index (κ1) is 16.9. The van der Waals surface area contributed by atoms with Crippen molar-refractivity contribution in [2.45, 2.75) is 40.2 Å². The number of amides is 1. The minimum absolute atomic E-state index is 0.0123. The van der Waals surface area contributed by atoms with E-state index in [-0.39, 0.29) is 24.4 Å². The smallest absolute Gasteiger partial charge is 0.325 e. The lowest BCUT2D eigenvalue weighted by Crippen LogP contribution is -2.46. The highest BCUT2D eigenvalue weighted by Crippen LogP contribution is 2.15. The Kier molecular flexibility index (Phi) is 7.59. The van der Waals surface area contributed by atoms with Gasteiger partial charge in [0.15, 0.2) is 0 Å². The number of esters is 1. The van der Waals surface area contributed by atoms with Crippen molar-refractivity contribution >= 4 is 11.9 Å². The van der Waals surface area contributed by atoms with Crippen LogP contribution >= 0.6 is 0 Å². The number of methoxy groups -OCH3 is 1. The number of rotatable bonds is 7. The number of carbonyl (C=O) groups is 2. The fourth-order valence-corrected chi connectivity index (χ4v) is 1.82. The lowest BCUT2D eigenvalue weighted by atomic mass is 9.95. The molecule has 0 heterocycles. The number of nitrogens with zero attached hydrogens (tertiary/aromatic N) is 1. The van der Waals surface area contributed by atoms with Gasteiger partial charge in [-0.05, 0) is 26.2 Å². The van der Waals surface area contributed by atoms with Gasteiger partial charge in [-0.15, -0.1) is 0 Å². The largest absolute Gasteiger partial charge is 0.468 e. The van der Waals surface area contributed by atoms with Crippen LogP contribution in [0.2, 0.25) is 0 Å². The van der Waals surface area contributed by atoms with Gasteiger partial charge in [0, 0.05) is 12.6 Å². The summed E-state index contributed by atoms with van der Waals surface area (Å²) < 4.78 is 4.61. The van der Waals surface area contributed by atoms with Crippen molar-refractivity contribution in [1.82, 2.24) is 4.90 Å². The van der Waals surface area contributed by atoms with E-state index < -0.39 is 5.97 Å². The van der Waals surface area contributed by atoms with E-state index >= 15 is 0 Å². The van der Waals surface area contributed by atoms with Crippen LogP contribution in [-0.4, -0.2) is 43.0 Å². The molecular formula is C13H26N2O3. The molecule has 0 bridgehead atoms. The molecule has 2 N–H and O–H groups in total. The summed E-state index contributed by atoms with van der Waals surface area (Å²) >= 11 is 0. The van der Waals surface area contributed by atoms with Gasteiger partial charge in [-0.25, -0.2) is 0 Å². The van der Waals surface area contributed by atoms with E-state index in [1.807, 2.05) is 13.8 Å². The Labute approximate surface area is 110 Å². The molecular weight excluding hydrogens is 232 g/mol. The number of carbonyl (C=O) groups excluding carboxylic acids is 2. The summed E-state index contributed by atoms with van der Waals surface area (Å²) in [6, 6.07) is -0.0437. The van der Waals surface area contributed by atoms with Crippen molar-refractivity contribution < 1.29 is 14.3 Å². The summed E-state index contributed by atoms with van der Waals surface area (Å²) in [5.74, 6) is -0.296. The second kappa shape index (κ2) is 8.08. The number of hydrogen-bond donors (Lipinski definition) is 1. The third-order valence-corrected chi connectivity index (χ3v) is 2.82. The van der Waals surface area contributed by atoms with Crippen LogP contribution in [0.4, 0.5) is 0 Å². The number of nitrogens with two attached hydrogens (primary N) is 1. The fourth-order valence-electron chi connectivity index (χ4n) is 1.82. The van der Waals surface area contributed by atoms with E-state index in [1.54, 1.807) is 0 Å². The third-order valence-electron chi connectivity index (χ3n) is 2.82. The summed E-state index contributed by atoms with van der Waals surface area (Å²) in [6.07, 6.45) is 0.736. The monoisotopic (exact) mass is 258 g/mol. The molecule has 0 aliphatic rings. The van der Waals surface area contributed by atoms with Crippen LogP contribution in [0.25, 0.3) is 0 Å². The first-order chi connectivity index (χ1) is 8.33. The van der Waals surface area contributed by atoms with Crippen LogP contribution in [0.5, 0.6) is 0 Å². The average molecular weight is 258 g/mol. The predicted octanol–water partition coefficient (Wildman–Crippen LogP) is 1.02. The quantitative estimate of drug-likeness (QED) is 0.692. The highest BCUT2D eigenvalue weighted by atomic mass is 16.5. The second-order valence-corrected chi connectivity index (χ2v) is 5.20. The molecule has 0 saturated heterocycles. The number of hydrogen-bond acceptors (Lipinski definition) is 4. The Morgan fingerprint density at radius 3 is 2.11 bits per heavy atom. The van der Waals surface area contributed by atoms with E-state index in [4.69, 9.17) is 5.73 Å². The van der Waals surface area contributed by atoms with Crippen molar-refractivity contribution in [3.8, 4) is 0 Å². The molecule has 5 heteroatoms. The first-order valence-electron chi connectivity index (χ1n) is 6.40. The molecule has 0 fully saturated rings. The standard InChI is InChI=1S/C13H26N2O3/c1-9(2)6-11(7-14)13(17)15(10(3)4)8-12(16)18-5/h9-11H,6-8,14H2,1-5H3. The van der Waals surface area contributed by atoms with Gasteiger partial charge in [0.25, 0.3) is 0 Å². The third kappa shape index (κ3) is 5.49. The molecule has 18 heavy (non-hydrogen) atoms. The fraction of sp³-hybridized carbons (Fsp3) is 0.846. The minimum atomic E-state index is -0.405. The van der Waals surface area contributed by atoms with Gasteiger partial charge < -0.3 is 15.4 Å². The van der Waals surface area contributed by atoms with Crippen LogP contribution in [0.1, 0.15) is 34.1 Å². The number of ether oxygens (including phenoxy) is 1. The molecule has 0 rings (SSSR count). The maximum atomic E-state index is 12.3. The van der Waals surface area contributed by atoms with Gasteiger partial charge in [-0.3, -0.25) is 9.59 Å². The molecule has 0 aromatic rings. The molecule has 0 saturated carbocycles. The molecule has 0 aromatic carbocycles. The Morgan fingerprint density at radius 1 is 1.22 bits per heavy atom. The molecule has 1 atom stereocenters. The summed E-state index contributed by atoms with van der Waals surface area (Å²) in [7, 11) is 1.32. The maximum absolute atomic E-state index is 12.3. The van der Waals surface area contributed by atoms with Gasteiger partial charge in [-0.1, -0.05) is 13.8 Å². The highest BCUT2D eigenvalue weighted by Gasteiger charge is 2.27. The van der Waals surface area contributed by atoms with Crippen molar-refractivity contribution in [2.24, 2.45) is 17.6 Å². The van der Waals surface area contributed by atoms with Crippen molar-refractivity contribution in [3.63, 3.8) is 0 Å². The Morgan fingerprint density at radius 2 is 1.78 bits per heavy atom. The van der Waals surface area contributed by atoms with Crippen LogP contribution in [0.3, 0.4) is 0 Å². The van der Waals surface area contributed by atoms with Crippen LogP contribution in [0.15, 0.2) is 0 Å². The Balaban J connectivity index is 4.77. The molecule has 0 aliphatic carbocycles. The summed E-state index contributed by atoms with van der Waals surface area (Å²) in [4.78, 5) is 25.2. The van der Waals surface area contributed by atoms with E-state index in [9.17, 15) is 9.59 Å². The molecule has 1 amide bonds. The van der Waals surface area contributed by atoms with Crippen molar-refractivity contribution in [1.29, 1.82) is 0 Å². The summed E-state index contributed by atoms with van der Waals surface area (Å²) in [5, 5.41) is 0. The normalized spacial score (nSPS) is 12.7. The second-order valence-electron chi connectivity index (χ2n) is 5.20. The maximum Gasteiger partial charge on any atom is 0.325 e. The van der Waals surface area contributed by atoms with Crippen LogP contribution in [0, 0.1) is 11.8 Å². The van der Waals surface area contributed by atoms with Gasteiger partial charge in [0.05, 0.1) is 13.0 Å². The Bertz CT molecular complexity index is 277. The van der Waals surface area contributed by atoms with E-state index in [1.165, 1.54) is 12.0 Å². The molecule has 5 nitrogen and oxygen atoms in total. The lowest BCUT2D eigenvalue weighted by Gasteiger charge is -2.29. The SMILES string of the molecule is COC(=O)CN(C(=O)C(CN)CC(C)C)C(C)C. The topological polar surface area (TPSA) is 72.6 Å². The van der Waals surface area contributed by atoms with Gasteiger partial charge in [-0.2, -0.15) is 0 Å². The van der Waals surface area contributed by atoms with Gasteiger partial charge in [0.1, 0.15) is 6.54 Å². The molecule has 0 radical (unpaired) electrons. The molecule has 0 aromatic heterocycles. The minimum Gasteiger partial charge on any atom is -0.468 e. The highest BCUT2D eigenvalue weighted by molar-refractivity contribution is 5.84. The zero-order valence-corrected chi connectivity index (χ0v) is 12.1. The predicted molar refractivity (Wildman–Crippen MR) is 70.9 cm³/mol. The van der Waals surface area contributed by atoms with E-state index in [2.05, 4.69) is 18.6 Å². The van der Waals surface area contributed by atoms with Gasteiger partial charge in [0.2, 0.25) is 5.91 Å².